The van der Waals surface area contributed by atoms with Gasteiger partial charge in [0.05, 0.1) is 0 Å². The van der Waals surface area contributed by atoms with E-state index in [4.69, 9.17) is 10.5 Å². The van der Waals surface area contributed by atoms with Crippen molar-refractivity contribution in [2.45, 2.75) is 26.0 Å². The molecule has 0 saturated carbocycles. The molecule has 0 aliphatic carbocycles. The summed E-state index contributed by atoms with van der Waals surface area (Å²) in [6.45, 7) is 2.36. The SMILES string of the molecule is CC[C@@H](N)c1ccc(OCc2ncon2)cc1. The van der Waals surface area contributed by atoms with Crippen LogP contribution < -0.4 is 10.5 Å². The normalized spacial score (nSPS) is 12.4. The minimum Gasteiger partial charge on any atom is -0.485 e. The van der Waals surface area contributed by atoms with Crippen LogP contribution in [0.1, 0.15) is 30.8 Å². The highest BCUT2D eigenvalue weighted by molar-refractivity contribution is 5.28. The zero-order valence-corrected chi connectivity index (χ0v) is 9.67. The standard InChI is InChI=1S/C12H15N3O2/c1-2-11(13)9-3-5-10(6-4-9)16-7-12-14-8-17-15-12/h3-6,8,11H,2,7,13H2,1H3/t11-/m1/s1. The van der Waals surface area contributed by atoms with Crippen LogP contribution in [0.2, 0.25) is 0 Å². The summed E-state index contributed by atoms with van der Waals surface area (Å²) < 4.78 is 10.1. The van der Waals surface area contributed by atoms with Crippen molar-refractivity contribution in [3.05, 3.63) is 42.0 Å². The van der Waals surface area contributed by atoms with E-state index >= 15 is 0 Å². The minimum atomic E-state index is 0.0845. The second-order valence-corrected chi connectivity index (χ2v) is 3.72. The molecule has 0 fully saturated rings. The Kier molecular flexibility index (Phi) is 3.72. The molecule has 0 saturated heterocycles. The van der Waals surface area contributed by atoms with E-state index in [1.54, 1.807) is 0 Å². The Morgan fingerprint density at radius 3 is 2.71 bits per heavy atom. The molecule has 5 nitrogen and oxygen atoms in total. The first-order valence-electron chi connectivity index (χ1n) is 5.53. The number of hydrogen-bond donors (Lipinski definition) is 1. The van der Waals surface area contributed by atoms with Gasteiger partial charge in [-0.05, 0) is 24.1 Å². The van der Waals surface area contributed by atoms with Crippen molar-refractivity contribution in [2.75, 3.05) is 0 Å². The molecular weight excluding hydrogens is 218 g/mol. The molecule has 90 valence electrons. The summed E-state index contributed by atoms with van der Waals surface area (Å²) in [5.41, 5.74) is 7.03. The van der Waals surface area contributed by atoms with E-state index in [1.165, 1.54) is 6.39 Å². The highest BCUT2D eigenvalue weighted by atomic mass is 16.5. The van der Waals surface area contributed by atoms with E-state index in [0.29, 0.717) is 12.4 Å². The maximum absolute atomic E-state index is 5.92. The predicted octanol–water partition coefficient (Wildman–Crippen LogP) is 2.06. The molecule has 0 amide bonds. The molecule has 1 aromatic heterocycles. The minimum absolute atomic E-state index is 0.0845. The Balaban J connectivity index is 1.94. The van der Waals surface area contributed by atoms with E-state index in [9.17, 15) is 0 Å². The number of benzene rings is 1. The molecule has 1 heterocycles. The van der Waals surface area contributed by atoms with Gasteiger partial charge in [0.2, 0.25) is 12.2 Å². The fourth-order valence-corrected chi connectivity index (χ4v) is 1.45. The largest absolute Gasteiger partial charge is 0.485 e. The van der Waals surface area contributed by atoms with Gasteiger partial charge in [0.25, 0.3) is 0 Å². The Hall–Kier alpha value is -1.88. The molecule has 0 bridgehead atoms. The van der Waals surface area contributed by atoms with E-state index < -0.39 is 0 Å². The predicted molar refractivity (Wildman–Crippen MR) is 62.3 cm³/mol. The third kappa shape index (κ3) is 3.04. The molecule has 0 spiro atoms. The lowest BCUT2D eigenvalue weighted by atomic mass is 10.1. The van der Waals surface area contributed by atoms with Crippen LogP contribution in [0.15, 0.2) is 35.2 Å². The number of nitrogens with two attached hydrogens (primary N) is 1. The number of ether oxygens (including phenoxy) is 1. The molecule has 1 atom stereocenters. The number of hydrogen-bond acceptors (Lipinski definition) is 5. The Bertz CT molecular complexity index is 439. The Morgan fingerprint density at radius 2 is 2.12 bits per heavy atom. The van der Waals surface area contributed by atoms with Crippen molar-refractivity contribution in [3.63, 3.8) is 0 Å². The van der Waals surface area contributed by atoms with Gasteiger partial charge < -0.3 is 15.0 Å². The van der Waals surface area contributed by atoms with Gasteiger partial charge in [-0.15, -0.1) is 0 Å². The summed E-state index contributed by atoms with van der Waals surface area (Å²) in [7, 11) is 0. The average molecular weight is 233 g/mol. The summed E-state index contributed by atoms with van der Waals surface area (Å²) >= 11 is 0. The smallest absolute Gasteiger partial charge is 0.213 e. The summed E-state index contributed by atoms with van der Waals surface area (Å²) in [4.78, 5) is 3.87. The fraction of sp³-hybridized carbons (Fsp3) is 0.333. The third-order valence-corrected chi connectivity index (χ3v) is 2.52. The highest BCUT2D eigenvalue weighted by Crippen LogP contribution is 2.18. The van der Waals surface area contributed by atoms with Crippen LogP contribution >= 0.6 is 0 Å². The number of nitrogens with zero attached hydrogens (tertiary/aromatic N) is 2. The first-order valence-corrected chi connectivity index (χ1v) is 5.53. The Morgan fingerprint density at radius 1 is 1.35 bits per heavy atom. The van der Waals surface area contributed by atoms with Crippen LogP contribution in [-0.2, 0) is 6.61 Å². The second kappa shape index (κ2) is 5.45. The summed E-state index contributed by atoms with van der Waals surface area (Å²) in [6.07, 6.45) is 2.20. The third-order valence-electron chi connectivity index (χ3n) is 2.52. The van der Waals surface area contributed by atoms with Crippen LogP contribution in [0.4, 0.5) is 0 Å². The average Bonchev–Trinajstić information content (AvgIpc) is 2.89. The van der Waals surface area contributed by atoms with Gasteiger partial charge in [-0.2, -0.15) is 4.98 Å². The van der Waals surface area contributed by atoms with Crippen LogP contribution in [0.25, 0.3) is 0 Å². The summed E-state index contributed by atoms with van der Waals surface area (Å²) in [5, 5.41) is 3.66. The monoisotopic (exact) mass is 233 g/mol. The van der Waals surface area contributed by atoms with Crippen LogP contribution in [0, 0.1) is 0 Å². The number of aromatic nitrogens is 2. The van der Waals surface area contributed by atoms with Crippen molar-refractivity contribution in [1.82, 2.24) is 10.1 Å². The van der Waals surface area contributed by atoms with Gasteiger partial charge in [-0.1, -0.05) is 24.2 Å². The summed E-state index contributed by atoms with van der Waals surface area (Å²) in [5.74, 6) is 1.29. The van der Waals surface area contributed by atoms with Crippen molar-refractivity contribution < 1.29 is 9.26 Å². The highest BCUT2D eigenvalue weighted by Gasteiger charge is 2.04. The van der Waals surface area contributed by atoms with Gasteiger partial charge in [0.15, 0.2) is 6.61 Å². The maximum Gasteiger partial charge on any atom is 0.213 e. The number of rotatable bonds is 5. The van der Waals surface area contributed by atoms with E-state index in [2.05, 4.69) is 21.6 Å². The van der Waals surface area contributed by atoms with Gasteiger partial charge >= 0.3 is 0 Å². The van der Waals surface area contributed by atoms with Crippen molar-refractivity contribution in [2.24, 2.45) is 5.73 Å². The van der Waals surface area contributed by atoms with Crippen LogP contribution in [0.3, 0.4) is 0 Å². The topological polar surface area (TPSA) is 74.2 Å². The van der Waals surface area contributed by atoms with Gasteiger partial charge in [0, 0.05) is 6.04 Å². The van der Waals surface area contributed by atoms with Crippen LogP contribution in [0.5, 0.6) is 5.75 Å². The summed E-state index contributed by atoms with van der Waals surface area (Å²) in [6, 6.07) is 7.82. The fourth-order valence-electron chi connectivity index (χ4n) is 1.45. The molecular formula is C12H15N3O2. The van der Waals surface area contributed by atoms with E-state index in [0.717, 1.165) is 17.7 Å². The molecule has 0 radical (unpaired) electrons. The van der Waals surface area contributed by atoms with Crippen molar-refractivity contribution in [3.8, 4) is 5.75 Å². The molecule has 1 aromatic carbocycles. The maximum atomic E-state index is 5.92. The van der Waals surface area contributed by atoms with Crippen molar-refractivity contribution >= 4 is 0 Å². The molecule has 2 N–H and O–H groups in total. The quantitative estimate of drug-likeness (QED) is 0.855. The molecule has 0 aliphatic rings. The molecule has 5 heteroatoms. The van der Waals surface area contributed by atoms with Gasteiger partial charge in [-0.25, -0.2) is 0 Å². The zero-order chi connectivity index (χ0) is 12.1. The molecule has 0 unspecified atom stereocenters. The zero-order valence-electron chi connectivity index (χ0n) is 9.67. The molecule has 17 heavy (non-hydrogen) atoms. The van der Waals surface area contributed by atoms with Gasteiger partial charge in [-0.3, -0.25) is 0 Å². The first-order chi connectivity index (χ1) is 8.29. The molecule has 0 aliphatic heterocycles. The van der Waals surface area contributed by atoms with Crippen molar-refractivity contribution in [1.29, 1.82) is 0 Å². The second-order valence-electron chi connectivity index (χ2n) is 3.72. The van der Waals surface area contributed by atoms with Gasteiger partial charge in [0.1, 0.15) is 5.75 Å². The Labute approximate surface area is 99.6 Å². The van der Waals surface area contributed by atoms with E-state index in [-0.39, 0.29) is 6.04 Å². The van der Waals surface area contributed by atoms with Crippen LogP contribution in [-0.4, -0.2) is 10.1 Å². The first kappa shape index (κ1) is 11.6. The molecule has 2 aromatic rings. The lowest BCUT2D eigenvalue weighted by Crippen LogP contribution is -2.08. The van der Waals surface area contributed by atoms with E-state index in [1.807, 2.05) is 24.3 Å². The lowest BCUT2D eigenvalue weighted by molar-refractivity contribution is 0.286. The molecule has 2 rings (SSSR count). The lowest BCUT2D eigenvalue weighted by Gasteiger charge is -2.10.